The molecule has 0 aromatic heterocycles. The summed E-state index contributed by atoms with van der Waals surface area (Å²) in [7, 11) is -3.33. The summed E-state index contributed by atoms with van der Waals surface area (Å²) in [4.78, 5) is 0. The van der Waals surface area contributed by atoms with Crippen LogP contribution < -0.4 is 4.72 Å². The second kappa shape index (κ2) is 6.70. The van der Waals surface area contributed by atoms with Crippen LogP contribution in [0.4, 0.5) is 0 Å². The molecule has 0 saturated carbocycles. The Balaban J connectivity index is 1.91. The summed E-state index contributed by atoms with van der Waals surface area (Å²) < 4.78 is 28.9. The van der Waals surface area contributed by atoms with Gasteiger partial charge in [-0.2, -0.15) is 12.7 Å². The summed E-state index contributed by atoms with van der Waals surface area (Å²) in [5.74, 6) is 0. The number of aryl methyl sites for hydroxylation is 1. The number of rotatable bonds is 5. The Kier molecular flexibility index (Phi) is 5.18. The van der Waals surface area contributed by atoms with E-state index in [2.05, 4.69) is 17.7 Å². The molecular weight excluding hydrogens is 272 g/mol. The van der Waals surface area contributed by atoms with E-state index < -0.39 is 10.2 Å². The van der Waals surface area contributed by atoms with Crippen molar-refractivity contribution in [1.82, 2.24) is 9.03 Å². The number of nitrogens with zero attached hydrogens (tertiary/aromatic N) is 1. The number of nitrogens with one attached hydrogen (secondary N) is 1. The lowest BCUT2D eigenvalue weighted by atomic mass is 10.1. The molecule has 1 fully saturated rings. The summed E-state index contributed by atoms with van der Waals surface area (Å²) in [6.45, 7) is 5.13. The van der Waals surface area contributed by atoms with Gasteiger partial charge in [-0.05, 0) is 44.2 Å². The van der Waals surface area contributed by atoms with Gasteiger partial charge in [-0.1, -0.05) is 30.7 Å². The van der Waals surface area contributed by atoms with Gasteiger partial charge in [0, 0.05) is 19.1 Å². The molecule has 1 aliphatic rings. The lowest BCUT2D eigenvalue weighted by Crippen LogP contribution is -2.48. The van der Waals surface area contributed by atoms with Crippen LogP contribution >= 0.6 is 0 Å². The molecule has 1 heterocycles. The van der Waals surface area contributed by atoms with E-state index in [1.807, 2.05) is 25.1 Å². The van der Waals surface area contributed by atoms with E-state index in [-0.39, 0.29) is 6.04 Å². The van der Waals surface area contributed by atoms with E-state index >= 15 is 0 Å². The lowest BCUT2D eigenvalue weighted by Gasteiger charge is -2.32. The molecule has 0 amide bonds. The fourth-order valence-corrected chi connectivity index (χ4v) is 4.19. The molecule has 1 aromatic carbocycles. The van der Waals surface area contributed by atoms with Crippen molar-refractivity contribution in [2.24, 2.45) is 0 Å². The number of hydrogen-bond acceptors (Lipinski definition) is 2. The molecule has 0 aliphatic carbocycles. The second-order valence-electron chi connectivity index (χ2n) is 5.53. The van der Waals surface area contributed by atoms with Gasteiger partial charge in [0.2, 0.25) is 0 Å². The molecule has 0 radical (unpaired) electrons. The first-order chi connectivity index (χ1) is 9.50. The Hall–Kier alpha value is -0.910. The van der Waals surface area contributed by atoms with E-state index in [9.17, 15) is 8.42 Å². The normalized spacial score (nSPS) is 21.0. The fraction of sp³-hybridized carbons (Fsp3) is 0.600. The Labute approximate surface area is 122 Å². The van der Waals surface area contributed by atoms with Crippen LogP contribution in [-0.4, -0.2) is 31.9 Å². The highest BCUT2D eigenvalue weighted by Crippen LogP contribution is 2.19. The molecule has 1 N–H and O–H groups in total. The maximum absolute atomic E-state index is 12.3. The van der Waals surface area contributed by atoms with Crippen LogP contribution in [0.2, 0.25) is 0 Å². The van der Waals surface area contributed by atoms with Crippen LogP contribution in [0.25, 0.3) is 0 Å². The topological polar surface area (TPSA) is 49.4 Å². The molecule has 1 atom stereocenters. The zero-order valence-corrected chi connectivity index (χ0v) is 13.1. The monoisotopic (exact) mass is 296 g/mol. The van der Waals surface area contributed by atoms with Crippen LogP contribution in [0.3, 0.4) is 0 Å². The molecular formula is C15H24N2O2S. The van der Waals surface area contributed by atoms with Crippen LogP contribution in [0.15, 0.2) is 24.3 Å². The van der Waals surface area contributed by atoms with E-state index in [0.29, 0.717) is 13.1 Å². The van der Waals surface area contributed by atoms with Crippen molar-refractivity contribution in [2.45, 2.75) is 45.6 Å². The van der Waals surface area contributed by atoms with Gasteiger partial charge < -0.3 is 0 Å². The van der Waals surface area contributed by atoms with Crippen molar-refractivity contribution in [3.05, 3.63) is 35.4 Å². The summed E-state index contributed by atoms with van der Waals surface area (Å²) >= 11 is 0. The maximum atomic E-state index is 12.3. The third-order valence-electron chi connectivity index (χ3n) is 3.99. The number of piperidine rings is 1. The molecule has 4 nitrogen and oxygen atoms in total. The number of hydrogen-bond donors (Lipinski definition) is 1. The van der Waals surface area contributed by atoms with E-state index in [4.69, 9.17) is 0 Å². The highest BCUT2D eigenvalue weighted by Gasteiger charge is 2.28. The van der Waals surface area contributed by atoms with Crippen LogP contribution in [0.1, 0.15) is 37.3 Å². The minimum Gasteiger partial charge on any atom is -0.202 e. The van der Waals surface area contributed by atoms with Crippen molar-refractivity contribution < 1.29 is 8.42 Å². The van der Waals surface area contributed by atoms with Gasteiger partial charge in [0.25, 0.3) is 10.2 Å². The predicted octanol–water partition coefficient (Wildman–Crippen LogP) is 2.25. The van der Waals surface area contributed by atoms with Crippen LogP contribution in [0.5, 0.6) is 0 Å². The van der Waals surface area contributed by atoms with Crippen molar-refractivity contribution in [2.75, 3.05) is 13.1 Å². The van der Waals surface area contributed by atoms with Gasteiger partial charge in [0.15, 0.2) is 0 Å². The average Bonchev–Trinajstić information content (AvgIpc) is 2.41. The Morgan fingerprint density at radius 3 is 2.75 bits per heavy atom. The third kappa shape index (κ3) is 3.81. The Bertz CT molecular complexity index is 543. The largest absolute Gasteiger partial charge is 0.279 e. The zero-order valence-electron chi connectivity index (χ0n) is 12.3. The molecule has 112 valence electrons. The van der Waals surface area contributed by atoms with Gasteiger partial charge in [0.1, 0.15) is 0 Å². The van der Waals surface area contributed by atoms with Gasteiger partial charge in [-0.3, -0.25) is 0 Å². The number of benzene rings is 1. The van der Waals surface area contributed by atoms with E-state index in [1.165, 1.54) is 11.1 Å². The van der Waals surface area contributed by atoms with Crippen LogP contribution in [-0.2, 0) is 16.6 Å². The highest BCUT2D eigenvalue weighted by molar-refractivity contribution is 7.87. The van der Waals surface area contributed by atoms with Gasteiger partial charge >= 0.3 is 0 Å². The second-order valence-corrected chi connectivity index (χ2v) is 7.24. The molecule has 1 saturated heterocycles. The summed E-state index contributed by atoms with van der Waals surface area (Å²) in [5.41, 5.74) is 2.40. The van der Waals surface area contributed by atoms with Crippen molar-refractivity contribution >= 4 is 10.2 Å². The van der Waals surface area contributed by atoms with Crippen molar-refractivity contribution in [3.8, 4) is 0 Å². The molecule has 1 aromatic rings. The Morgan fingerprint density at radius 1 is 1.30 bits per heavy atom. The highest BCUT2D eigenvalue weighted by atomic mass is 32.2. The smallest absolute Gasteiger partial charge is 0.202 e. The van der Waals surface area contributed by atoms with Crippen molar-refractivity contribution in [3.63, 3.8) is 0 Å². The molecule has 0 bridgehead atoms. The van der Waals surface area contributed by atoms with Crippen molar-refractivity contribution in [1.29, 1.82) is 0 Å². The standard InChI is InChI=1S/C15H24N2O2S/c1-13-7-3-4-9-15(13)10-11-16-20(18,19)17-12-6-5-8-14(17)2/h3-4,7,9,14,16H,5-6,8,10-12H2,1-2H3/t14-/m0/s1. The first-order valence-corrected chi connectivity index (χ1v) is 8.75. The van der Waals surface area contributed by atoms with Gasteiger partial charge in [-0.15, -0.1) is 0 Å². The fourth-order valence-electron chi connectivity index (χ4n) is 2.72. The summed E-state index contributed by atoms with van der Waals surface area (Å²) in [5, 5.41) is 0. The maximum Gasteiger partial charge on any atom is 0.279 e. The average molecular weight is 296 g/mol. The quantitative estimate of drug-likeness (QED) is 0.906. The molecule has 20 heavy (non-hydrogen) atoms. The first-order valence-electron chi connectivity index (χ1n) is 7.31. The van der Waals surface area contributed by atoms with Gasteiger partial charge in [-0.25, -0.2) is 4.72 Å². The zero-order chi connectivity index (χ0) is 14.6. The lowest BCUT2D eigenvalue weighted by molar-refractivity contribution is 0.265. The predicted molar refractivity (Wildman–Crippen MR) is 81.8 cm³/mol. The van der Waals surface area contributed by atoms with Crippen LogP contribution in [0, 0.1) is 6.92 Å². The minimum absolute atomic E-state index is 0.111. The third-order valence-corrected chi connectivity index (χ3v) is 5.72. The summed E-state index contributed by atoms with van der Waals surface area (Å²) in [6.07, 6.45) is 3.77. The first kappa shape index (κ1) is 15.5. The molecule has 5 heteroatoms. The molecule has 1 aliphatic heterocycles. The molecule has 0 unspecified atom stereocenters. The van der Waals surface area contributed by atoms with E-state index in [0.717, 1.165) is 25.7 Å². The Morgan fingerprint density at radius 2 is 2.05 bits per heavy atom. The SMILES string of the molecule is Cc1ccccc1CCNS(=O)(=O)N1CCCC[C@@H]1C. The summed E-state index contributed by atoms with van der Waals surface area (Å²) in [6, 6.07) is 8.20. The molecule has 0 spiro atoms. The minimum atomic E-state index is -3.33. The van der Waals surface area contributed by atoms with Gasteiger partial charge in [0.05, 0.1) is 0 Å². The molecule has 2 rings (SSSR count). The van der Waals surface area contributed by atoms with E-state index in [1.54, 1.807) is 4.31 Å².